The third-order valence-electron chi connectivity index (χ3n) is 5.44. The first-order valence-corrected chi connectivity index (χ1v) is 10.2. The van der Waals surface area contributed by atoms with Gasteiger partial charge in [0.1, 0.15) is 5.82 Å². The second-order valence-corrected chi connectivity index (χ2v) is 7.77. The Hall–Kier alpha value is -2.41. The van der Waals surface area contributed by atoms with E-state index in [1.165, 1.54) is 5.56 Å². The number of amides is 2. The minimum atomic E-state index is -0.385. The van der Waals surface area contributed by atoms with Gasteiger partial charge in [0, 0.05) is 38.6 Å². The van der Waals surface area contributed by atoms with Gasteiger partial charge in [0.05, 0.1) is 23.5 Å². The number of benzene rings is 1. The van der Waals surface area contributed by atoms with Crippen molar-refractivity contribution in [1.82, 2.24) is 25.1 Å². The number of fused-ring (bicyclic) bond motifs is 1. The van der Waals surface area contributed by atoms with Crippen LogP contribution in [0.15, 0.2) is 18.2 Å². The monoisotopic (exact) mass is 385 g/mol. The number of imidazole rings is 1. The first kappa shape index (κ1) is 20.3. The van der Waals surface area contributed by atoms with Crippen molar-refractivity contribution in [2.24, 2.45) is 0 Å². The lowest BCUT2D eigenvalue weighted by Crippen LogP contribution is -2.58. The third kappa shape index (κ3) is 4.52. The number of hydrogen-bond donors (Lipinski definition) is 2. The molecule has 2 heterocycles. The Morgan fingerprint density at radius 1 is 1.39 bits per heavy atom. The number of nitrogens with one attached hydrogen (secondary N) is 2. The van der Waals surface area contributed by atoms with E-state index in [0.29, 0.717) is 26.1 Å². The Morgan fingerprint density at radius 3 is 2.89 bits per heavy atom. The Labute approximate surface area is 166 Å². The summed E-state index contributed by atoms with van der Waals surface area (Å²) < 4.78 is 0. The Balaban J connectivity index is 1.63. The highest BCUT2D eigenvalue weighted by atomic mass is 16.2. The van der Waals surface area contributed by atoms with E-state index in [4.69, 9.17) is 0 Å². The standard InChI is InChI=1S/C21H31N5O2/c1-5-25(10-8-19-23-16-7-6-15(4)12-17(16)24-19)20(27)13-18-21(28)22-9-11-26(18)14(2)3/h6-7,12,14,18H,5,8-11,13H2,1-4H3,(H,22,28)(H,23,24)/t18-/m0/s1. The van der Waals surface area contributed by atoms with Crippen molar-refractivity contribution in [2.75, 3.05) is 26.2 Å². The van der Waals surface area contributed by atoms with Gasteiger partial charge in [-0.25, -0.2) is 4.98 Å². The Morgan fingerprint density at radius 2 is 2.18 bits per heavy atom. The van der Waals surface area contributed by atoms with Gasteiger partial charge in [-0.15, -0.1) is 0 Å². The summed E-state index contributed by atoms with van der Waals surface area (Å²) in [5.41, 5.74) is 3.16. The second-order valence-electron chi connectivity index (χ2n) is 7.77. The average molecular weight is 386 g/mol. The third-order valence-corrected chi connectivity index (χ3v) is 5.44. The number of aromatic amines is 1. The summed E-state index contributed by atoms with van der Waals surface area (Å²) in [5, 5.41) is 2.89. The maximum Gasteiger partial charge on any atom is 0.237 e. The van der Waals surface area contributed by atoms with Crippen molar-refractivity contribution in [1.29, 1.82) is 0 Å². The highest BCUT2D eigenvalue weighted by Crippen LogP contribution is 2.16. The number of aromatic nitrogens is 2. The Bertz CT molecular complexity index is 844. The van der Waals surface area contributed by atoms with Gasteiger partial charge in [0.25, 0.3) is 0 Å². The number of H-pyrrole nitrogens is 1. The maximum absolute atomic E-state index is 12.9. The smallest absolute Gasteiger partial charge is 0.237 e. The molecule has 0 aliphatic carbocycles. The molecule has 0 spiro atoms. The molecule has 1 aromatic carbocycles. The van der Waals surface area contributed by atoms with E-state index in [2.05, 4.69) is 47.0 Å². The number of carbonyl (C=O) groups is 2. The van der Waals surface area contributed by atoms with Gasteiger partial charge in [-0.3, -0.25) is 14.5 Å². The van der Waals surface area contributed by atoms with Crippen LogP contribution in [-0.4, -0.2) is 69.8 Å². The van der Waals surface area contributed by atoms with Gasteiger partial charge in [0.15, 0.2) is 0 Å². The summed E-state index contributed by atoms with van der Waals surface area (Å²) in [6.45, 7) is 10.8. The summed E-state index contributed by atoms with van der Waals surface area (Å²) >= 11 is 0. The second kappa shape index (κ2) is 8.73. The lowest BCUT2D eigenvalue weighted by Gasteiger charge is -2.38. The minimum Gasteiger partial charge on any atom is -0.353 e. The van der Waals surface area contributed by atoms with Gasteiger partial charge in [0.2, 0.25) is 11.8 Å². The van der Waals surface area contributed by atoms with Crippen molar-refractivity contribution in [2.45, 2.75) is 52.6 Å². The summed E-state index contributed by atoms with van der Waals surface area (Å²) in [6.07, 6.45) is 0.884. The minimum absolute atomic E-state index is 0.0159. The van der Waals surface area contributed by atoms with Crippen molar-refractivity contribution in [3.05, 3.63) is 29.6 Å². The highest BCUT2D eigenvalue weighted by Gasteiger charge is 2.33. The number of nitrogens with zero attached hydrogens (tertiary/aromatic N) is 3. The fourth-order valence-electron chi connectivity index (χ4n) is 3.85. The lowest BCUT2D eigenvalue weighted by atomic mass is 10.1. The largest absolute Gasteiger partial charge is 0.353 e. The number of rotatable bonds is 7. The molecule has 152 valence electrons. The Kier molecular flexibility index (Phi) is 6.34. The maximum atomic E-state index is 12.9. The fourth-order valence-corrected chi connectivity index (χ4v) is 3.85. The molecule has 3 rings (SSSR count). The molecule has 1 aromatic heterocycles. The highest BCUT2D eigenvalue weighted by molar-refractivity contribution is 5.89. The molecule has 28 heavy (non-hydrogen) atoms. The van der Waals surface area contributed by atoms with Gasteiger partial charge >= 0.3 is 0 Å². The molecule has 1 atom stereocenters. The molecule has 2 N–H and O–H groups in total. The normalized spacial score (nSPS) is 17.9. The van der Waals surface area contributed by atoms with Crippen LogP contribution in [0.4, 0.5) is 0 Å². The number of piperazine rings is 1. The van der Waals surface area contributed by atoms with Gasteiger partial charge < -0.3 is 15.2 Å². The van der Waals surface area contributed by atoms with E-state index in [9.17, 15) is 9.59 Å². The van der Waals surface area contributed by atoms with Crippen LogP contribution in [0.2, 0.25) is 0 Å². The SMILES string of the molecule is CCN(CCc1nc2ccc(C)cc2[nH]1)C(=O)C[C@H]1C(=O)NCCN1C(C)C. The van der Waals surface area contributed by atoms with Crippen LogP contribution in [0.5, 0.6) is 0 Å². The molecule has 7 nitrogen and oxygen atoms in total. The van der Waals surface area contributed by atoms with E-state index in [1.54, 1.807) is 0 Å². The first-order valence-electron chi connectivity index (χ1n) is 10.2. The predicted molar refractivity (Wildman–Crippen MR) is 110 cm³/mol. The molecule has 0 bridgehead atoms. The molecule has 1 saturated heterocycles. The molecule has 0 saturated carbocycles. The summed E-state index contributed by atoms with van der Waals surface area (Å²) in [5.74, 6) is 0.852. The topological polar surface area (TPSA) is 81.3 Å². The number of carbonyl (C=O) groups excluding carboxylic acids is 2. The summed E-state index contributed by atoms with van der Waals surface area (Å²) in [7, 11) is 0. The van der Waals surface area contributed by atoms with Crippen LogP contribution in [0.25, 0.3) is 11.0 Å². The molecular weight excluding hydrogens is 354 g/mol. The van der Waals surface area contributed by atoms with E-state index in [-0.39, 0.29) is 30.3 Å². The molecule has 1 fully saturated rings. The molecule has 2 aromatic rings. The number of aryl methyl sites for hydroxylation is 1. The zero-order valence-corrected chi connectivity index (χ0v) is 17.3. The first-order chi connectivity index (χ1) is 13.4. The molecule has 1 aliphatic rings. The number of hydrogen-bond acceptors (Lipinski definition) is 4. The fraction of sp³-hybridized carbons (Fsp3) is 0.571. The van der Waals surface area contributed by atoms with Gasteiger partial charge in [-0.2, -0.15) is 0 Å². The van der Waals surface area contributed by atoms with Crippen LogP contribution in [0, 0.1) is 6.92 Å². The van der Waals surface area contributed by atoms with Gasteiger partial charge in [-0.05, 0) is 45.4 Å². The molecule has 2 amide bonds. The van der Waals surface area contributed by atoms with E-state index < -0.39 is 0 Å². The van der Waals surface area contributed by atoms with Crippen molar-refractivity contribution in [3.8, 4) is 0 Å². The molecule has 0 unspecified atom stereocenters. The van der Waals surface area contributed by atoms with E-state index in [0.717, 1.165) is 23.4 Å². The average Bonchev–Trinajstić information content (AvgIpc) is 3.05. The van der Waals surface area contributed by atoms with Crippen LogP contribution in [0.1, 0.15) is 38.6 Å². The van der Waals surface area contributed by atoms with Gasteiger partial charge in [-0.1, -0.05) is 6.07 Å². The zero-order valence-electron chi connectivity index (χ0n) is 17.3. The molecule has 0 radical (unpaired) electrons. The summed E-state index contributed by atoms with van der Waals surface area (Å²) in [4.78, 5) is 37.1. The van der Waals surface area contributed by atoms with Crippen molar-refractivity contribution >= 4 is 22.8 Å². The number of likely N-dealkylation sites (N-methyl/N-ethyl adjacent to an activating group) is 1. The molecular formula is C21H31N5O2. The quantitative estimate of drug-likeness (QED) is 0.762. The van der Waals surface area contributed by atoms with E-state index >= 15 is 0 Å². The van der Waals surface area contributed by atoms with Crippen LogP contribution < -0.4 is 5.32 Å². The predicted octanol–water partition coefficient (Wildman–Crippen LogP) is 1.86. The van der Waals surface area contributed by atoms with Crippen LogP contribution >= 0.6 is 0 Å². The zero-order chi connectivity index (χ0) is 20.3. The summed E-state index contributed by atoms with van der Waals surface area (Å²) in [6, 6.07) is 5.99. The molecule has 1 aliphatic heterocycles. The van der Waals surface area contributed by atoms with Crippen LogP contribution in [-0.2, 0) is 16.0 Å². The lowest BCUT2D eigenvalue weighted by molar-refractivity contribution is -0.139. The van der Waals surface area contributed by atoms with Crippen molar-refractivity contribution < 1.29 is 9.59 Å². The van der Waals surface area contributed by atoms with E-state index in [1.807, 2.05) is 24.0 Å². The van der Waals surface area contributed by atoms with Crippen LogP contribution in [0.3, 0.4) is 0 Å². The molecule has 7 heteroatoms. The van der Waals surface area contributed by atoms with Crippen molar-refractivity contribution in [3.63, 3.8) is 0 Å².